The molecule has 1 atom stereocenters. The van der Waals surface area contributed by atoms with Gasteiger partial charge in [0.2, 0.25) is 11.8 Å². The predicted molar refractivity (Wildman–Crippen MR) is 153 cm³/mol. The van der Waals surface area contributed by atoms with Crippen LogP contribution in [-0.2, 0) is 26.2 Å². The van der Waals surface area contributed by atoms with Gasteiger partial charge in [-0.05, 0) is 55.2 Å². The molecular weight excluding hydrogens is 532 g/mol. The fourth-order valence-electron chi connectivity index (χ4n) is 4.25. The highest BCUT2D eigenvalue weighted by atomic mass is 32.2. The van der Waals surface area contributed by atoms with Gasteiger partial charge in [-0.2, -0.15) is 0 Å². The van der Waals surface area contributed by atoms with Gasteiger partial charge in [-0.25, -0.2) is 8.42 Å². The Balaban J connectivity index is 2.07. The maximum Gasteiger partial charge on any atom is 0.269 e. The van der Waals surface area contributed by atoms with Gasteiger partial charge in [0.25, 0.3) is 15.7 Å². The third-order valence-electron chi connectivity index (χ3n) is 6.50. The zero-order valence-electron chi connectivity index (χ0n) is 22.8. The van der Waals surface area contributed by atoms with E-state index >= 15 is 0 Å². The average Bonchev–Trinajstić information content (AvgIpc) is 2.96. The van der Waals surface area contributed by atoms with Crippen LogP contribution < -0.4 is 9.62 Å². The topological polar surface area (TPSA) is 130 Å². The normalized spacial score (nSPS) is 11.9. The molecule has 0 aliphatic carbocycles. The standard InChI is InChI=1S/C29H34N4O6S/c1-4-19-30-29(35)27(5-2)31(20-23-12-10-9-11-22(23)3)28(34)21-32(24-15-17-25(18-16-24)33(36)37)40(38,39)26-13-7-6-8-14-26/h6-18,27H,4-5,19-21H2,1-3H3,(H,30,35)/t27-/m0/s1. The number of carbonyl (C=O) groups is 2. The largest absolute Gasteiger partial charge is 0.354 e. The quantitative estimate of drug-likeness (QED) is 0.241. The first-order valence-corrected chi connectivity index (χ1v) is 14.5. The lowest BCUT2D eigenvalue weighted by molar-refractivity contribution is -0.384. The van der Waals surface area contributed by atoms with Gasteiger partial charge in [-0.15, -0.1) is 0 Å². The van der Waals surface area contributed by atoms with Crippen molar-refractivity contribution in [2.24, 2.45) is 0 Å². The summed E-state index contributed by atoms with van der Waals surface area (Å²) in [7, 11) is -4.25. The summed E-state index contributed by atoms with van der Waals surface area (Å²) in [5.74, 6) is -0.904. The van der Waals surface area contributed by atoms with Gasteiger partial charge in [0, 0.05) is 25.2 Å². The molecule has 0 aliphatic heterocycles. The number of non-ortho nitro benzene ring substituents is 1. The molecular formula is C29H34N4O6S. The lowest BCUT2D eigenvalue weighted by atomic mass is 10.1. The number of anilines is 1. The van der Waals surface area contributed by atoms with Gasteiger partial charge in [-0.3, -0.25) is 24.0 Å². The fourth-order valence-corrected chi connectivity index (χ4v) is 5.68. The molecule has 3 aromatic carbocycles. The van der Waals surface area contributed by atoms with E-state index in [9.17, 15) is 28.1 Å². The van der Waals surface area contributed by atoms with E-state index in [1.54, 1.807) is 25.1 Å². The Kier molecular flexibility index (Phi) is 10.4. The van der Waals surface area contributed by atoms with Crippen molar-refractivity contribution in [3.8, 4) is 0 Å². The molecule has 3 aromatic rings. The molecule has 0 bridgehead atoms. The molecule has 0 heterocycles. The number of aryl methyl sites for hydroxylation is 1. The Morgan fingerprint density at radius 1 is 0.950 bits per heavy atom. The molecule has 40 heavy (non-hydrogen) atoms. The van der Waals surface area contributed by atoms with Crippen LogP contribution in [0.3, 0.4) is 0 Å². The average molecular weight is 567 g/mol. The SMILES string of the molecule is CCCNC(=O)[C@H](CC)N(Cc1ccccc1C)C(=O)CN(c1ccc([N+](=O)[O-])cc1)S(=O)(=O)c1ccccc1. The first kappa shape index (κ1) is 30.3. The summed E-state index contributed by atoms with van der Waals surface area (Å²) in [6.45, 7) is 5.55. The van der Waals surface area contributed by atoms with Crippen LogP contribution in [0.1, 0.15) is 37.8 Å². The molecule has 0 saturated heterocycles. The number of hydrogen-bond donors (Lipinski definition) is 1. The molecule has 0 fully saturated rings. The van der Waals surface area contributed by atoms with Crippen molar-refractivity contribution in [1.29, 1.82) is 0 Å². The van der Waals surface area contributed by atoms with Gasteiger partial charge < -0.3 is 10.2 Å². The summed E-state index contributed by atoms with van der Waals surface area (Å²) in [5, 5.41) is 14.0. The third kappa shape index (κ3) is 7.23. The van der Waals surface area contributed by atoms with Crippen LogP contribution in [0, 0.1) is 17.0 Å². The van der Waals surface area contributed by atoms with Crippen molar-refractivity contribution in [1.82, 2.24) is 10.2 Å². The minimum Gasteiger partial charge on any atom is -0.354 e. The monoisotopic (exact) mass is 566 g/mol. The van der Waals surface area contributed by atoms with Crippen molar-refractivity contribution in [2.45, 2.75) is 51.1 Å². The second-order valence-electron chi connectivity index (χ2n) is 9.26. The van der Waals surface area contributed by atoms with Crippen LogP contribution in [0.2, 0.25) is 0 Å². The van der Waals surface area contributed by atoms with Gasteiger partial charge in [0.1, 0.15) is 12.6 Å². The Morgan fingerprint density at radius 2 is 1.57 bits per heavy atom. The lowest BCUT2D eigenvalue weighted by Crippen LogP contribution is -2.52. The maximum atomic E-state index is 14.0. The van der Waals surface area contributed by atoms with E-state index in [2.05, 4.69) is 5.32 Å². The summed E-state index contributed by atoms with van der Waals surface area (Å²) < 4.78 is 28.5. The Hall–Kier alpha value is -4.25. The number of carbonyl (C=O) groups excluding carboxylic acids is 2. The number of nitrogens with zero attached hydrogens (tertiary/aromatic N) is 3. The van der Waals surface area contributed by atoms with E-state index in [4.69, 9.17) is 0 Å². The number of hydrogen-bond acceptors (Lipinski definition) is 6. The van der Waals surface area contributed by atoms with Crippen LogP contribution in [0.5, 0.6) is 0 Å². The second-order valence-corrected chi connectivity index (χ2v) is 11.1. The van der Waals surface area contributed by atoms with E-state index < -0.39 is 33.4 Å². The van der Waals surface area contributed by atoms with E-state index in [-0.39, 0.29) is 28.7 Å². The highest BCUT2D eigenvalue weighted by molar-refractivity contribution is 7.92. The van der Waals surface area contributed by atoms with Crippen LogP contribution >= 0.6 is 0 Å². The molecule has 2 amide bonds. The summed E-state index contributed by atoms with van der Waals surface area (Å²) >= 11 is 0. The Bertz CT molecular complexity index is 1430. The number of benzene rings is 3. The lowest BCUT2D eigenvalue weighted by Gasteiger charge is -2.33. The fraction of sp³-hybridized carbons (Fsp3) is 0.310. The molecule has 0 radical (unpaired) electrons. The number of sulfonamides is 1. The van der Waals surface area contributed by atoms with E-state index in [1.165, 1.54) is 41.3 Å². The van der Waals surface area contributed by atoms with E-state index in [0.717, 1.165) is 21.9 Å². The Morgan fingerprint density at radius 3 is 2.15 bits per heavy atom. The zero-order valence-corrected chi connectivity index (χ0v) is 23.6. The molecule has 11 heteroatoms. The van der Waals surface area contributed by atoms with Gasteiger partial charge in [0.15, 0.2) is 0 Å². The predicted octanol–water partition coefficient (Wildman–Crippen LogP) is 4.43. The highest BCUT2D eigenvalue weighted by Crippen LogP contribution is 2.27. The van der Waals surface area contributed by atoms with Crippen LogP contribution in [0.15, 0.2) is 83.8 Å². The minimum atomic E-state index is -4.25. The van der Waals surface area contributed by atoms with Crippen molar-refractivity contribution in [2.75, 3.05) is 17.4 Å². The first-order valence-electron chi connectivity index (χ1n) is 13.0. The zero-order chi connectivity index (χ0) is 29.3. The number of nitro benzene ring substituents is 1. The molecule has 3 rings (SSSR count). The van der Waals surface area contributed by atoms with E-state index in [1.807, 2.05) is 38.1 Å². The van der Waals surface area contributed by atoms with Crippen molar-refractivity contribution < 1.29 is 22.9 Å². The van der Waals surface area contributed by atoms with Crippen LogP contribution in [0.4, 0.5) is 11.4 Å². The Labute approximate surface area is 234 Å². The minimum absolute atomic E-state index is 0.0423. The second kappa shape index (κ2) is 13.7. The summed E-state index contributed by atoms with van der Waals surface area (Å²) in [6, 6.07) is 19.2. The molecule has 0 saturated carbocycles. The smallest absolute Gasteiger partial charge is 0.269 e. The number of amides is 2. The molecule has 0 aromatic heterocycles. The number of nitro groups is 1. The number of rotatable bonds is 13. The van der Waals surface area contributed by atoms with Crippen LogP contribution in [0.25, 0.3) is 0 Å². The third-order valence-corrected chi connectivity index (χ3v) is 8.28. The summed E-state index contributed by atoms with van der Waals surface area (Å²) in [5.41, 5.74) is 1.62. The van der Waals surface area contributed by atoms with Crippen molar-refractivity contribution >= 4 is 33.2 Å². The molecule has 212 valence electrons. The molecule has 10 nitrogen and oxygen atoms in total. The van der Waals surface area contributed by atoms with Gasteiger partial charge >= 0.3 is 0 Å². The summed E-state index contributed by atoms with van der Waals surface area (Å²) in [4.78, 5) is 39.1. The molecule has 0 unspecified atom stereocenters. The summed E-state index contributed by atoms with van der Waals surface area (Å²) in [6.07, 6.45) is 1.04. The van der Waals surface area contributed by atoms with Gasteiger partial charge in [-0.1, -0.05) is 56.3 Å². The van der Waals surface area contributed by atoms with Crippen molar-refractivity contribution in [3.63, 3.8) is 0 Å². The van der Waals surface area contributed by atoms with Crippen molar-refractivity contribution in [3.05, 3.63) is 100 Å². The maximum absolute atomic E-state index is 14.0. The molecule has 0 spiro atoms. The van der Waals surface area contributed by atoms with Crippen LogP contribution in [-0.4, -0.2) is 49.2 Å². The molecule has 0 aliphatic rings. The first-order chi connectivity index (χ1) is 19.1. The van der Waals surface area contributed by atoms with E-state index in [0.29, 0.717) is 13.0 Å². The number of nitrogens with one attached hydrogen (secondary N) is 1. The highest BCUT2D eigenvalue weighted by Gasteiger charge is 2.33. The molecule has 1 N–H and O–H groups in total. The van der Waals surface area contributed by atoms with Gasteiger partial charge in [0.05, 0.1) is 15.5 Å².